The first-order valence-corrected chi connectivity index (χ1v) is 8.99. The van der Waals surface area contributed by atoms with Crippen molar-refractivity contribution in [3.05, 3.63) is 59.9 Å². The second-order valence-corrected chi connectivity index (χ2v) is 6.53. The molecule has 0 aliphatic carbocycles. The Labute approximate surface area is 163 Å². The van der Waals surface area contributed by atoms with Gasteiger partial charge in [-0.2, -0.15) is 0 Å². The van der Waals surface area contributed by atoms with Crippen LogP contribution in [-0.2, 0) is 14.3 Å². The van der Waals surface area contributed by atoms with Crippen molar-refractivity contribution in [2.45, 2.75) is 19.9 Å². The number of rotatable bonds is 7. The molecule has 7 nitrogen and oxygen atoms in total. The number of ether oxygens (including phenoxy) is 2. The highest BCUT2D eigenvalue weighted by molar-refractivity contribution is 5.95. The normalized spacial score (nSPS) is 12.0. The van der Waals surface area contributed by atoms with Crippen LogP contribution >= 0.6 is 0 Å². The number of hydrogen-bond acceptors (Lipinski definition) is 5. The summed E-state index contributed by atoms with van der Waals surface area (Å²) in [6, 6.07) is 14.9. The molecule has 0 radical (unpaired) electrons. The first-order chi connectivity index (χ1) is 13.5. The Morgan fingerprint density at radius 3 is 2.64 bits per heavy atom. The fourth-order valence-electron chi connectivity index (χ4n) is 3.05. The van der Waals surface area contributed by atoms with Gasteiger partial charge in [0, 0.05) is 18.8 Å². The third-order valence-corrected chi connectivity index (χ3v) is 4.23. The minimum absolute atomic E-state index is 0.155. The minimum atomic E-state index is -0.566. The summed E-state index contributed by atoms with van der Waals surface area (Å²) in [4.78, 5) is 28.7. The summed E-state index contributed by atoms with van der Waals surface area (Å²) in [6.45, 7) is 3.77. The SMILES string of the molecule is COC[C@H](C)NC(=O)COC(=O)c1ccc2c(c1)nc(C)n2-c1ccccc1. The zero-order chi connectivity index (χ0) is 20.1. The predicted octanol–water partition coefficient (Wildman–Crippen LogP) is 2.64. The van der Waals surface area contributed by atoms with Crippen LogP contribution in [0.15, 0.2) is 48.5 Å². The molecule has 0 fully saturated rings. The average Bonchev–Trinajstić information content (AvgIpc) is 3.01. The van der Waals surface area contributed by atoms with Gasteiger partial charge in [-0.3, -0.25) is 9.36 Å². The molecule has 3 rings (SSSR count). The zero-order valence-corrected chi connectivity index (χ0v) is 16.1. The van der Waals surface area contributed by atoms with Gasteiger partial charge in [-0.05, 0) is 44.2 Å². The zero-order valence-electron chi connectivity index (χ0n) is 16.1. The number of hydrogen-bond donors (Lipinski definition) is 1. The molecule has 0 bridgehead atoms. The Morgan fingerprint density at radius 1 is 1.18 bits per heavy atom. The molecular weight excluding hydrogens is 358 g/mol. The molecule has 0 aliphatic rings. The van der Waals surface area contributed by atoms with E-state index in [0.29, 0.717) is 17.7 Å². The van der Waals surface area contributed by atoms with Crippen molar-refractivity contribution >= 4 is 22.9 Å². The average molecular weight is 381 g/mol. The maximum absolute atomic E-state index is 12.3. The Bertz CT molecular complexity index is 982. The summed E-state index contributed by atoms with van der Waals surface area (Å²) in [5.41, 5.74) is 2.93. The van der Waals surface area contributed by atoms with E-state index in [2.05, 4.69) is 10.3 Å². The van der Waals surface area contributed by atoms with Gasteiger partial charge in [0.05, 0.1) is 23.2 Å². The molecule has 0 spiro atoms. The highest BCUT2D eigenvalue weighted by Gasteiger charge is 2.15. The molecule has 1 amide bonds. The summed E-state index contributed by atoms with van der Waals surface area (Å²) >= 11 is 0. The van der Waals surface area contributed by atoms with E-state index in [1.54, 1.807) is 19.2 Å². The van der Waals surface area contributed by atoms with Crippen molar-refractivity contribution in [3.63, 3.8) is 0 Å². The lowest BCUT2D eigenvalue weighted by molar-refractivity contribution is -0.125. The quantitative estimate of drug-likeness (QED) is 0.636. The van der Waals surface area contributed by atoms with E-state index < -0.39 is 5.97 Å². The number of fused-ring (bicyclic) bond motifs is 1. The van der Waals surface area contributed by atoms with Gasteiger partial charge in [0.15, 0.2) is 6.61 Å². The third kappa shape index (κ3) is 4.37. The van der Waals surface area contributed by atoms with Gasteiger partial charge in [0.25, 0.3) is 5.91 Å². The Morgan fingerprint density at radius 2 is 1.93 bits per heavy atom. The Hall–Kier alpha value is -3.19. The van der Waals surface area contributed by atoms with Crippen molar-refractivity contribution in [2.24, 2.45) is 0 Å². The van der Waals surface area contributed by atoms with Crippen molar-refractivity contribution < 1.29 is 19.1 Å². The lowest BCUT2D eigenvalue weighted by Gasteiger charge is -2.12. The fraction of sp³-hybridized carbons (Fsp3) is 0.286. The second kappa shape index (κ2) is 8.67. The summed E-state index contributed by atoms with van der Waals surface area (Å²) in [6.07, 6.45) is 0. The number of benzene rings is 2. The number of amides is 1. The lowest BCUT2D eigenvalue weighted by Crippen LogP contribution is -2.38. The molecule has 0 aliphatic heterocycles. The molecule has 1 aromatic heterocycles. The van der Waals surface area contributed by atoms with E-state index in [4.69, 9.17) is 9.47 Å². The Kier molecular flexibility index (Phi) is 6.06. The molecule has 1 N–H and O–H groups in total. The van der Waals surface area contributed by atoms with Crippen molar-refractivity contribution in [1.29, 1.82) is 0 Å². The number of methoxy groups -OCH3 is 1. The third-order valence-electron chi connectivity index (χ3n) is 4.23. The van der Waals surface area contributed by atoms with Crippen LogP contribution < -0.4 is 5.32 Å². The minimum Gasteiger partial charge on any atom is -0.452 e. The summed E-state index contributed by atoms with van der Waals surface area (Å²) in [7, 11) is 1.56. The molecule has 0 saturated heterocycles. The number of carbonyl (C=O) groups is 2. The molecule has 28 heavy (non-hydrogen) atoms. The monoisotopic (exact) mass is 381 g/mol. The molecule has 7 heteroatoms. The maximum Gasteiger partial charge on any atom is 0.338 e. The summed E-state index contributed by atoms with van der Waals surface area (Å²) < 4.78 is 12.1. The van der Waals surface area contributed by atoms with Crippen LogP contribution in [0.25, 0.3) is 16.7 Å². The highest BCUT2D eigenvalue weighted by atomic mass is 16.5. The van der Waals surface area contributed by atoms with Crippen LogP contribution in [0.1, 0.15) is 23.1 Å². The van der Waals surface area contributed by atoms with E-state index in [1.807, 2.05) is 54.8 Å². The van der Waals surface area contributed by atoms with Gasteiger partial charge in [0.1, 0.15) is 5.82 Å². The van der Waals surface area contributed by atoms with Gasteiger partial charge in [-0.15, -0.1) is 0 Å². The number of nitrogens with zero attached hydrogens (tertiary/aromatic N) is 2. The molecule has 0 saturated carbocycles. The second-order valence-electron chi connectivity index (χ2n) is 6.53. The van der Waals surface area contributed by atoms with Gasteiger partial charge in [-0.25, -0.2) is 9.78 Å². The van der Waals surface area contributed by atoms with Crippen LogP contribution in [0, 0.1) is 6.92 Å². The van der Waals surface area contributed by atoms with Gasteiger partial charge in [-0.1, -0.05) is 18.2 Å². The molecule has 2 aromatic carbocycles. The van der Waals surface area contributed by atoms with Crippen LogP contribution in [0.5, 0.6) is 0 Å². The first-order valence-electron chi connectivity index (χ1n) is 8.99. The molecule has 0 unspecified atom stereocenters. The molecule has 3 aromatic rings. The van der Waals surface area contributed by atoms with E-state index in [-0.39, 0.29) is 18.6 Å². The standard InChI is InChI=1S/C21H23N3O4/c1-14(12-27-3)22-20(25)13-28-21(26)16-9-10-19-18(11-16)23-15(2)24(19)17-7-5-4-6-8-17/h4-11,14H,12-13H2,1-3H3,(H,22,25)/t14-/m0/s1. The van der Waals surface area contributed by atoms with Crippen LogP contribution in [0.4, 0.5) is 0 Å². The van der Waals surface area contributed by atoms with E-state index in [9.17, 15) is 9.59 Å². The number of aromatic nitrogens is 2. The number of carbonyl (C=O) groups excluding carboxylic acids is 2. The van der Waals surface area contributed by atoms with Crippen molar-refractivity contribution in [2.75, 3.05) is 20.3 Å². The summed E-state index contributed by atoms with van der Waals surface area (Å²) in [5, 5.41) is 2.69. The van der Waals surface area contributed by atoms with Crippen LogP contribution in [-0.4, -0.2) is 47.8 Å². The van der Waals surface area contributed by atoms with E-state index in [0.717, 1.165) is 17.0 Å². The van der Waals surface area contributed by atoms with E-state index >= 15 is 0 Å². The number of aryl methyl sites for hydroxylation is 1. The topological polar surface area (TPSA) is 82.4 Å². The number of imidazole rings is 1. The number of nitrogens with one attached hydrogen (secondary N) is 1. The number of esters is 1. The lowest BCUT2D eigenvalue weighted by atomic mass is 10.2. The first kappa shape index (κ1) is 19.6. The summed E-state index contributed by atoms with van der Waals surface area (Å²) in [5.74, 6) is -0.121. The smallest absolute Gasteiger partial charge is 0.338 e. The molecule has 146 valence electrons. The predicted molar refractivity (Wildman–Crippen MR) is 106 cm³/mol. The van der Waals surface area contributed by atoms with Gasteiger partial charge >= 0.3 is 5.97 Å². The van der Waals surface area contributed by atoms with Gasteiger partial charge < -0.3 is 14.8 Å². The highest BCUT2D eigenvalue weighted by Crippen LogP contribution is 2.22. The van der Waals surface area contributed by atoms with Crippen LogP contribution in [0.3, 0.4) is 0 Å². The van der Waals surface area contributed by atoms with Gasteiger partial charge in [0.2, 0.25) is 0 Å². The van der Waals surface area contributed by atoms with Crippen LogP contribution in [0.2, 0.25) is 0 Å². The van der Waals surface area contributed by atoms with Crippen molar-refractivity contribution in [3.8, 4) is 5.69 Å². The van der Waals surface area contributed by atoms with E-state index in [1.165, 1.54) is 0 Å². The Balaban J connectivity index is 1.72. The molecule has 1 atom stereocenters. The largest absolute Gasteiger partial charge is 0.452 e. The maximum atomic E-state index is 12.3. The molecular formula is C21H23N3O4. The van der Waals surface area contributed by atoms with Crippen molar-refractivity contribution in [1.82, 2.24) is 14.9 Å². The molecule has 1 heterocycles. The number of para-hydroxylation sites is 1. The fourth-order valence-corrected chi connectivity index (χ4v) is 3.05.